The quantitative estimate of drug-likeness (QED) is 0.503. The molecule has 0 fully saturated rings. The number of anilines is 1. The fourth-order valence-electron chi connectivity index (χ4n) is 2.12. The normalized spacial score (nSPS) is 11.0. The van der Waals surface area contributed by atoms with Crippen LogP contribution in [0.4, 0.5) is 9.52 Å². The molecule has 7 heteroatoms. The van der Waals surface area contributed by atoms with Crippen molar-refractivity contribution in [1.82, 2.24) is 4.98 Å². The molecule has 2 aromatic carbocycles. The van der Waals surface area contributed by atoms with Crippen LogP contribution in [0.5, 0.6) is 11.5 Å². The predicted octanol–water partition coefficient (Wildman–Crippen LogP) is 4.50. The summed E-state index contributed by atoms with van der Waals surface area (Å²) in [5.41, 5.74) is 5.24. The minimum absolute atomic E-state index is 0.0934. The summed E-state index contributed by atoms with van der Waals surface area (Å²) in [5, 5.41) is 16.3. The van der Waals surface area contributed by atoms with Crippen molar-refractivity contribution in [2.24, 2.45) is 5.10 Å². The van der Waals surface area contributed by atoms with E-state index in [-0.39, 0.29) is 11.6 Å². The zero-order valence-corrected chi connectivity index (χ0v) is 14.3. The van der Waals surface area contributed by atoms with Crippen LogP contribution >= 0.6 is 11.3 Å². The Morgan fingerprint density at radius 2 is 2.08 bits per heavy atom. The van der Waals surface area contributed by atoms with Crippen molar-refractivity contribution in [2.45, 2.75) is 6.92 Å². The lowest BCUT2D eigenvalue weighted by Gasteiger charge is -2.05. The van der Waals surface area contributed by atoms with Crippen molar-refractivity contribution in [2.75, 3.05) is 12.0 Å². The number of rotatable bonds is 6. The van der Waals surface area contributed by atoms with Gasteiger partial charge in [0, 0.05) is 10.9 Å². The van der Waals surface area contributed by atoms with Gasteiger partial charge in [0.2, 0.25) is 5.13 Å². The van der Waals surface area contributed by atoms with Gasteiger partial charge in [-0.05, 0) is 55.0 Å². The molecule has 5 nitrogen and oxygen atoms in total. The Morgan fingerprint density at radius 3 is 2.84 bits per heavy atom. The second-order valence-electron chi connectivity index (χ2n) is 5.07. The van der Waals surface area contributed by atoms with Gasteiger partial charge in [-0.1, -0.05) is 0 Å². The first kappa shape index (κ1) is 16.9. The van der Waals surface area contributed by atoms with E-state index in [1.54, 1.807) is 36.5 Å². The Balaban J connectivity index is 1.67. The Hall–Kier alpha value is -2.93. The van der Waals surface area contributed by atoms with E-state index in [4.69, 9.17) is 4.74 Å². The second kappa shape index (κ2) is 7.76. The number of hydrogen-bond donors (Lipinski definition) is 2. The van der Waals surface area contributed by atoms with Gasteiger partial charge in [-0.25, -0.2) is 9.37 Å². The number of halogens is 1. The molecule has 0 radical (unpaired) electrons. The van der Waals surface area contributed by atoms with Gasteiger partial charge in [-0.3, -0.25) is 5.43 Å². The number of phenolic OH excluding ortho intramolecular Hbond substituents is 1. The van der Waals surface area contributed by atoms with E-state index < -0.39 is 0 Å². The highest BCUT2D eigenvalue weighted by molar-refractivity contribution is 7.14. The molecule has 0 spiro atoms. The zero-order valence-electron chi connectivity index (χ0n) is 13.4. The number of hydrazone groups is 1. The van der Waals surface area contributed by atoms with Crippen LogP contribution in [0, 0.1) is 5.82 Å². The molecule has 0 saturated heterocycles. The molecule has 0 aliphatic rings. The summed E-state index contributed by atoms with van der Waals surface area (Å²) in [5.74, 6) is 0.234. The maximum absolute atomic E-state index is 13.0. The van der Waals surface area contributed by atoms with Crippen molar-refractivity contribution >= 4 is 22.7 Å². The molecule has 0 aliphatic heterocycles. The van der Waals surface area contributed by atoms with Gasteiger partial charge in [-0.2, -0.15) is 5.10 Å². The van der Waals surface area contributed by atoms with E-state index in [1.807, 2.05) is 12.3 Å². The SMILES string of the molecule is CCOc1cc(/C=N/Nc2nc(-c3ccc(F)cc3)cs2)ccc1O. The van der Waals surface area contributed by atoms with Gasteiger partial charge in [0.05, 0.1) is 18.5 Å². The number of ether oxygens (including phenoxy) is 1. The maximum atomic E-state index is 13.0. The number of phenols is 1. The number of aromatic hydroxyl groups is 1. The van der Waals surface area contributed by atoms with Crippen LogP contribution in [0.3, 0.4) is 0 Å². The number of aromatic nitrogens is 1. The van der Waals surface area contributed by atoms with Crippen LogP contribution in [0.2, 0.25) is 0 Å². The smallest absolute Gasteiger partial charge is 0.203 e. The van der Waals surface area contributed by atoms with Gasteiger partial charge in [0.1, 0.15) is 5.82 Å². The molecule has 25 heavy (non-hydrogen) atoms. The summed E-state index contributed by atoms with van der Waals surface area (Å²) in [6, 6.07) is 11.2. The monoisotopic (exact) mass is 357 g/mol. The predicted molar refractivity (Wildman–Crippen MR) is 98.0 cm³/mol. The van der Waals surface area contributed by atoms with Crippen LogP contribution in [0.25, 0.3) is 11.3 Å². The minimum atomic E-state index is -0.276. The third kappa shape index (κ3) is 4.33. The third-order valence-electron chi connectivity index (χ3n) is 3.30. The maximum Gasteiger partial charge on any atom is 0.203 e. The summed E-state index contributed by atoms with van der Waals surface area (Å²) in [4.78, 5) is 4.41. The topological polar surface area (TPSA) is 66.7 Å². The van der Waals surface area contributed by atoms with Gasteiger partial charge in [-0.15, -0.1) is 11.3 Å². The van der Waals surface area contributed by atoms with Crippen molar-refractivity contribution < 1.29 is 14.2 Å². The molecular weight excluding hydrogens is 341 g/mol. The first-order valence-electron chi connectivity index (χ1n) is 7.62. The molecular formula is C18H16FN3O2S. The largest absolute Gasteiger partial charge is 0.504 e. The molecule has 0 unspecified atom stereocenters. The van der Waals surface area contributed by atoms with E-state index in [0.29, 0.717) is 17.5 Å². The molecule has 0 bridgehead atoms. The van der Waals surface area contributed by atoms with E-state index in [2.05, 4.69) is 15.5 Å². The first-order chi connectivity index (χ1) is 12.2. The first-order valence-corrected chi connectivity index (χ1v) is 8.50. The Bertz CT molecular complexity index is 878. The van der Waals surface area contributed by atoms with E-state index in [1.165, 1.54) is 23.5 Å². The molecule has 2 N–H and O–H groups in total. The van der Waals surface area contributed by atoms with Crippen LogP contribution in [-0.2, 0) is 0 Å². The highest BCUT2D eigenvalue weighted by Gasteiger charge is 2.05. The minimum Gasteiger partial charge on any atom is -0.504 e. The van der Waals surface area contributed by atoms with Crippen molar-refractivity contribution in [3.8, 4) is 22.8 Å². The summed E-state index contributed by atoms with van der Waals surface area (Å²) < 4.78 is 18.3. The van der Waals surface area contributed by atoms with Crippen molar-refractivity contribution in [3.63, 3.8) is 0 Å². The molecule has 3 aromatic rings. The van der Waals surface area contributed by atoms with Crippen LogP contribution in [0.15, 0.2) is 52.9 Å². The highest BCUT2D eigenvalue weighted by Crippen LogP contribution is 2.27. The lowest BCUT2D eigenvalue weighted by Crippen LogP contribution is -1.94. The Labute approximate surface area is 148 Å². The van der Waals surface area contributed by atoms with Crippen LogP contribution in [-0.4, -0.2) is 22.9 Å². The molecule has 1 aromatic heterocycles. The van der Waals surface area contributed by atoms with Crippen LogP contribution in [0.1, 0.15) is 12.5 Å². The molecule has 128 valence electrons. The lowest BCUT2D eigenvalue weighted by atomic mass is 10.2. The fourth-order valence-corrected chi connectivity index (χ4v) is 2.79. The summed E-state index contributed by atoms with van der Waals surface area (Å²) >= 11 is 1.40. The summed E-state index contributed by atoms with van der Waals surface area (Å²) in [6.07, 6.45) is 1.61. The molecule has 0 aliphatic carbocycles. The Kier molecular flexibility index (Phi) is 5.25. The van der Waals surface area contributed by atoms with Crippen molar-refractivity contribution in [1.29, 1.82) is 0 Å². The summed E-state index contributed by atoms with van der Waals surface area (Å²) in [6.45, 7) is 2.32. The average Bonchev–Trinajstić information content (AvgIpc) is 3.07. The summed E-state index contributed by atoms with van der Waals surface area (Å²) in [7, 11) is 0. The van der Waals surface area contributed by atoms with E-state index in [9.17, 15) is 9.50 Å². The molecule has 0 amide bonds. The molecule has 3 rings (SSSR count). The van der Waals surface area contributed by atoms with E-state index in [0.717, 1.165) is 16.8 Å². The van der Waals surface area contributed by atoms with Crippen LogP contribution < -0.4 is 10.2 Å². The zero-order chi connectivity index (χ0) is 17.6. The highest BCUT2D eigenvalue weighted by atomic mass is 32.1. The van der Waals surface area contributed by atoms with Gasteiger partial charge in [0.25, 0.3) is 0 Å². The second-order valence-corrected chi connectivity index (χ2v) is 5.93. The molecule has 1 heterocycles. The third-order valence-corrected chi connectivity index (χ3v) is 4.05. The number of nitrogens with one attached hydrogen (secondary N) is 1. The van der Waals surface area contributed by atoms with Crippen molar-refractivity contribution in [3.05, 3.63) is 59.2 Å². The number of benzene rings is 2. The number of thiazole rings is 1. The fraction of sp³-hybridized carbons (Fsp3) is 0.111. The van der Waals surface area contributed by atoms with Gasteiger partial charge < -0.3 is 9.84 Å². The number of hydrogen-bond acceptors (Lipinski definition) is 6. The van der Waals surface area contributed by atoms with E-state index >= 15 is 0 Å². The van der Waals surface area contributed by atoms with Gasteiger partial charge in [0.15, 0.2) is 11.5 Å². The lowest BCUT2D eigenvalue weighted by molar-refractivity contribution is 0.318. The molecule has 0 saturated carbocycles. The Morgan fingerprint density at radius 1 is 1.28 bits per heavy atom. The average molecular weight is 357 g/mol. The number of nitrogens with zero attached hydrogens (tertiary/aromatic N) is 2. The van der Waals surface area contributed by atoms with Gasteiger partial charge >= 0.3 is 0 Å². The molecule has 0 atom stereocenters. The standard InChI is InChI=1S/C18H16FN3O2S/c1-2-24-17-9-12(3-8-16(17)23)10-20-22-18-21-15(11-25-18)13-4-6-14(19)7-5-13/h3-11,23H,2H2,1H3,(H,21,22)/b20-10+.